The Bertz CT molecular complexity index is 645. The van der Waals surface area contributed by atoms with Gasteiger partial charge in [0.15, 0.2) is 0 Å². The molecule has 1 fully saturated rings. The lowest BCUT2D eigenvalue weighted by molar-refractivity contribution is 0.0745. The molecule has 1 aromatic heterocycles. The molecular formula is C16H17FN2O2. The SMILES string of the molecule is Cc1occc1C(=O)N1CCN(c2ccccc2F)CC1. The smallest absolute Gasteiger partial charge is 0.257 e. The summed E-state index contributed by atoms with van der Waals surface area (Å²) < 4.78 is 18.9. The van der Waals surface area contributed by atoms with Gasteiger partial charge in [-0.25, -0.2) is 4.39 Å². The van der Waals surface area contributed by atoms with E-state index in [9.17, 15) is 9.18 Å². The molecule has 110 valence electrons. The molecule has 0 bridgehead atoms. The van der Waals surface area contributed by atoms with Gasteiger partial charge in [0, 0.05) is 26.2 Å². The van der Waals surface area contributed by atoms with Gasteiger partial charge >= 0.3 is 0 Å². The molecule has 1 aliphatic heterocycles. The zero-order valence-corrected chi connectivity index (χ0v) is 11.9. The Morgan fingerprint density at radius 1 is 1.14 bits per heavy atom. The van der Waals surface area contributed by atoms with Crippen molar-refractivity contribution in [1.82, 2.24) is 4.90 Å². The molecule has 21 heavy (non-hydrogen) atoms. The minimum atomic E-state index is -0.219. The van der Waals surface area contributed by atoms with Crippen molar-refractivity contribution in [2.45, 2.75) is 6.92 Å². The summed E-state index contributed by atoms with van der Waals surface area (Å²) in [5.41, 5.74) is 1.21. The number of rotatable bonds is 2. The van der Waals surface area contributed by atoms with Crippen LogP contribution in [0.1, 0.15) is 16.1 Å². The topological polar surface area (TPSA) is 36.7 Å². The summed E-state index contributed by atoms with van der Waals surface area (Å²) in [6, 6.07) is 8.43. The number of piperazine rings is 1. The predicted molar refractivity (Wildman–Crippen MR) is 78.0 cm³/mol. The van der Waals surface area contributed by atoms with E-state index in [0.717, 1.165) is 0 Å². The minimum Gasteiger partial charge on any atom is -0.469 e. The molecule has 0 unspecified atom stereocenters. The highest BCUT2D eigenvalue weighted by Gasteiger charge is 2.25. The van der Waals surface area contributed by atoms with Crippen LogP contribution in [0.2, 0.25) is 0 Å². The summed E-state index contributed by atoms with van der Waals surface area (Å²) in [6.45, 7) is 4.20. The normalized spacial score (nSPS) is 15.3. The third kappa shape index (κ3) is 2.63. The van der Waals surface area contributed by atoms with Gasteiger partial charge in [-0.3, -0.25) is 4.79 Å². The maximum atomic E-state index is 13.8. The van der Waals surface area contributed by atoms with Gasteiger partial charge in [0.05, 0.1) is 17.5 Å². The van der Waals surface area contributed by atoms with E-state index in [1.165, 1.54) is 12.3 Å². The number of hydrogen-bond donors (Lipinski definition) is 0. The number of amides is 1. The van der Waals surface area contributed by atoms with Crippen LogP contribution in [0.5, 0.6) is 0 Å². The molecule has 0 radical (unpaired) electrons. The molecule has 0 spiro atoms. The molecule has 4 nitrogen and oxygen atoms in total. The van der Waals surface area contributed by atoms with E-state index in [1.807, 2.05) is 11.0 Å². The Kier molecular flexibility index (Phi) is 3.64. The monoisotopic (exact) mass is 288 g/mol. The molecular weight excluding hydrogens is 271 g/mol. The number of carbonyl (C=O) groups is 1. The second kappa shape index (κ2) is 5.60. The van der Waals surface area contributed by atoms with E-state index in [4.69, 9.17) is 4.42 Å². The number of aryl methyl sites for hydroxylation is 1. The number of furan rings is 1. The maximum Gasteiger partial charge on any atom is 0.257 e. The zero-order chi connectivity index (χ0) is 14.8. The minimum absolute atomic E-state index is 0.0190. The molecule has 0 aliphatic carbocycles. The van der Waals surface area contributed by atoms with Crippen molar-refractivity contribution in [2.24, 2.45) is 0 Å². The van der Waals surface area contributed by atoms with Crippen LogP contribution in [0, 0.1) is 12.7 Å². The number of hydrogen-bond acceptors (Lipinski definition) is 3. The molecule has 3 rings (SSSR count). The van der Waals surface area contributed by atoms with Crippen molar-refractivity contribution in [2.75, 3.05) is 31.1 Å². The van der Waals surface area contributed by atoms with E-state index in [1.54, 1.807) is 30.0 Å². The van der Waals surface area contributed by atoms with E-state index < -0.39 is 0 Å². The first-order chi connectivity index (χ1) is 10.2. The molecule has 1 aromatic carbocycles. The second-order valence-corrected chi connectivity index (χ2v) is 5.12. The molecule has 0 N–H and O–H groups in total. The standard InChI is InChI=1S/C16H17FN2O2/c1-12-13(6-11-21-12)16(20)19-9-7-18(8-10-19)15-5-3-2-4-14(15)17/h2-6,11H,7-10H2,1H3. The van der Waals surface area contributed by atoms with Gasteiger partial charge in [0.25, 0.3) is 5.91 Å². The van der Waals surface area contributed by atoms with Gasteiger partial charge in [-0.15, -0.1) is 0 Å². The summed E-state index contributed by atoms with van der Waals surface area (Å²) in [4.78, 5) is 16.1. The lowest BCUT2D eigenvalue weighted by Crippen LogP contribution is -2.49. The Morgan fingerprint density at radius 3 is 2.48 bits per heavy atom. The van der Waals surface area contributed by atoms with Crippen molar-refractivity contribution in [1.29, 1.82) is 0 Å². The largest absolute Gasteiger partial charge is 0.469 e. The van der Waals surface area contributed by atoms with E-state index in [2.05, 4.69) is 0 Å². The lowest BCUT2D eigenvalue weighted by atomic mass is 10.2. The summed E-state index contributed by atoms with van der Waals surface area (Å²) in [6.07, 6.45) is 1.53. The molecule has 1 saturated heterocycles. The van der Waals surface area contributed by atoms with E-state index in [-0.39, 0.29) is 11.7 Å². The third-order valence-electron chi connectivity index (χ3n) is 3.85. The van der Waals surface area contributed by atoms with Gasteiger partial charge in [-0.05, 0) is 25.1 Å². The number of nitrogens with zero attached hydrogens (tertiary/aromatic N) is 2. The van der Waals surface area contributed by atoms with Crippen molar-refractivity contribution in [3.05, 3.63) is 53.7 Å². The second-order valence-electron chi connectivity index (χ2n) is 5.12. The molecule has 2 heterocycles. The van der Waals surface area contributed by atoms with Crippen molar-refractivity contribution in [3.63, 3.8) is 0 Å². The van der Waals surface area contributed by atoms with E-state index >= 15 is 0 Å². The predicted octanol–water partition coefficient (Wildman–Crippen LogP) is 2.69. The van der Waals surface area contributed by atoms with E-state index in [0.29, 0.717) is 43.2 Å². The van der Waals surface area contributed by atoms with Crippen LogP contribution >= 0.6 is 0 Å². The highest BCUT2D eigenvalue weighted by molar-refractivity contribution is 5.95. The highest BCUT2D eigenvalue weighted by atomic mass is 19.1. The quantitative estimate of drug-likeness (QED) is 0.852. The number of halogens is 1. The highest BCUT2D eigenvalue weighted by Crippen LogP contribution is 2.21. The number of benzene rings is 1. The Labute approximate surface area is 122 Å². The van der Waals surface area contributed by atoms with Gasteiger partial charge in [0.1, 0.15) is 11.6 Å². The molecule has 2 aromatic rings. The Balaban J connectivity index is 1.67. The third-order valence-corrected chi connectivity index (χ3v) is 3.85. The molecule has 1 aliphatic rings. The Morgan fingerprint density at radius 2 is 1.86 bits per heavy atom. The first kappa shape index (κ1) is 13.7. The van der Waals surface area contributed by atoms with Crippen LogP contribution in [0.4, 0.5) is 10.1 Å². The van der Waals surface area contributed by atoms with Gasteiger partial charge in [-0.2, -0.15) is 0 Å². The summed E-state index contributed by atoms with van der Waals surface area (Å²) in [7, 11) is 0. The van der Waals surface area contributed by atoms with Crippen LogP contribution in [-0.2, 0) is 0 Å². The lowest BCUT2D eigenvalue weighted by Gasteiger charge is -2.36. The zero-order valence-electron chi connectivity index (χ0n) is 11.9. The van der Waals surface area contributed by atoms with Gasteiger partial charge in [-0.1, -0.05) is 12.1 Å². The Hall–Kier alpha value is -2.30. The van der Waals surface area contributed by atoms with Crippen molar-refractivity contribution >= 4 is 11.6 Å². The first-order valence-corrected chi connectivity index (χ1v) is 6.99. The van der Waals surface area contributed by atoms with Crippen LogP contribution in [0.3, 0.4) is 0 Å². The molecule has 0 saturated carbocycles. The fraction of sp³-hybridized carbons (Fsp3) is 0.312. The van der Waals surface area contributed by atoms with Crippen LogP contribution < -0.4 is 4.90 Å². The van der Waals surface area contributed by atoms with Crippen LogP contribution in [0.15, 0.2) is 41.0 Å². The van der Waals surface area contributed by atoms with Crippen LogP contribution in [-0.4, -0.2) is 37.0 Å². The summed E-state index contributed by atoms with van der Waals surface area (Å²) in [5, 5.41) is 0. The fourth-order valence-corrected chi connectivity index (χ4v) is 2.64. The van der Waals surface area contributed by atoms with Gasteiger partial charge in [0.2, 0.25) is 0 Å². The average molecular weight is 288 g/mol. The van der Waals surface area contributed by atoms with Crippen molar-refractivity contribution in [3.8, 4) is 0 Å². The maximum absolute atomic E-state index is 13.8. The van der Waals surface area contributed by atoms with Crippen molar-refractivity contribution < 1.29 is 13.6 Å². The summed E-state index contributed by atoms with van der Waals surface area (Å²) in [5.74, 6) is 0.397. The number of carbonyl (C=O) groups excluding carboxylic acids is 1. The molecule has 1 amide bonds. The molecule has 0 atom stereocenters. The van der Waals surface area contributed by atoms with Gasteiger partial charge < -0.3 is 14.2 Å². The molecule has 5 heteroatoms. The fourth-order valence-electron chi connectivity index (χ4n) is 2.64. The first-order valence-electron chi connectivity index (χ1n) is 6.99. The van der Waals surface area contributed by atoms with Crippen LogP contribution in [0.25, 0.3) is 0 Å². The summed E-state index contributed by atoms with van der Waals surface area (Å²) >= 11 is 0. The average Bonchev–Trinajstić information content (AvgIpc) is 2.93. The number of para-hydroxylation sites is 1. The number of anilines is 1.